The van der Waals surface area contributed by atoms with Crippen LogP contribution in [0.25, 0.3) is 0 Å². The number of nitriles is 1. The molecule has 0 saturated heterocycles. The monoisotopic (exact) mass is 230 g/mol. The van der Waals surface area contributed by atoms with E-state index in [-0.39, 0.29) is 11.6 Å². The molecule has 0 radical (unpaired) electrons. The Bertz CT molecular complexity index is 527. The summed E-state index contributed by atoms with van der Waals surface area (Å²) in [5, 5.41) is 13.5. The number of anilines is 1. The van der Waals surface area contributed by atoms with Crippen LogP contribution < -0.4 is 5.32 Å². The Morgan fingerprint density at radius 1 is 1.44 bits per heavy atom. The number of hydrogen-bond donors (Lipinski definition) is 1. The third-order valence-electron chi connectivity index (χ3n) is 1.79. The second kappa shape index (κ2) is 4.51. The van der Waals surface area contributed by atoms with Crippen molar-refractivity contribution >= 4 is 22.4 Å². The van der Waals surface area contributed by atoms with E-state index in [1.165, 1.54) is 23.6 Å². The van der Waals surface area contributed by atoms with Crippen LogP contribution in [0.15, 0.2) is 29.9 Å². The molecule has 0 fully saturated rings. The second-order valence-electron chi connectivity index (χ2n) is 2.84. The fourth-order valence-electron chi connectivity index (χ4n) is 1.05. The molecular formula is C10H6N4OS. The molecule has 2 rings (SSSR count). The third kappa shape index (κ3) is 2.21. The summed E-state index contributed by atoms with van der Waals surface area (Å²) in [7, 11) is 0. The SMILES string of the molecule is N#Cc1ccc(C(=O)Nc2nccs2)cn1. The van der Waals surface area contributed by atoms with E-state index < -0.39 is 0 Å². The molecule has 0 aromatic carbocycles. The maximum atomic E-state index is 11.6. The molecule has 5 nitrogen and oxygen atoms in total. The minimum Gasteiger partial charge on any atom is -0.298 e. The molecule has 0 atom stereocenters. The Morgan fingerprint density at radius 2 is 2.31 bits per heavy atom. The number of thiazole rings is 1. The first-order chi connectivity index (χ1) is 7.79. The minimum atomic E-state index is -0.285. The summed E-state index contributed by atoms with van der Waals surface area (Å²) in [4.78, 5) is 19.4. The minimum absolute atomic E-state index is 0.283. The zero-order valence-corrected chi connectivity index (χ0v) is 8.86. The number of amides is 1. The second-order valence-corrected chi connectivity index (χ2v) is 3.73. The summed E-state index contributed by atoms with van der Waals surface area (Å²) in [6.45, 7) is 0. The maximum Gasteiger partial charge on any atom is 0.259 e. The summed E-state index contributed by atoms with van der Waals surface area (Å²) in [6.07, 6.45) is 2.97. The molecule has 0 aliphatic rings. The van der Waals surface area contributed by atoms with Crippen LogP contribution in [0.4, 0.5) is 5.13 Å². The number of nitrogens with one attached hydrogen (secondary N) is 1. The quantitative estimate of drug-likeness (QED) is 0.850. The van der Waals surface area contributed by atoms with Crippen molar-refractivity contribution in [2.75, 3.05) is 5.32 Å². The number of aromatic nitrogens is 2. The number of carbonyl (C=O) groups is 1. The van der Waals surface area contributed by atoms with Crippen LogP contribution in [-0.2, 0) is 0 Å². The van der Waals surface area contributed by atoms with Gasteiger partial charge in [0.05, 0.1) is 5.56 Å². The topological polar surface area (TPSA) is 78.7 Å². The van der Waals surface area contributed by atoms with Gasteiger partial charge in [0.1, 0.15) is 11.8 Å². The number of pyridine rings is 1. The average Bonchev–Trinajstić information content (AvgIpc) is 2.82. The molecule has 2 heterocycles. The Balaban J connectivity index is 2.12. The summed E-state index contributed by atoms with van der Waals surface area (Å²) in [6, 6.07) is 4.93. The van der Waals surface area contributed by atoms with Crippen LogP contribution in [0.3, 0.4) is 0 Å². The van der Waals surface area contributed by atoms with E-state index in [0.29, 0.717) is 10.7 Å². The van der Waals surface area contributed by atoms with Crippen molar-refractivity contribution in [1.29, 1.82) is 5.26 Å². The molecule has 6 heteroatoms. The van der Waals surface area contributed by atoms with Crippen molar-refractivity contribution in [3.8, 4) is 6.07 Å². The highest BCUT2D eigenvalue weighted by molar-refractivity contribution is 7.13. The van der Waals surface area contributed by atoms with Crippen LogP contribution in [0.1, 0.15) is 16.1 Å². The summed E-state index contributed by atoms with van der Waals surface area (Å²) >= 11 is 1.34. The molecule has 2 aromatic rings. The molecule has 0 saturated carbocycles. The van der Waals surface area contributed by atoms with Crippen molar-refractivity contribution in [2.45, 2.75) is 0 Å². The highest BCUT2D eigenvalue weighted by Crippen LogP contribution is 2.11. The third-order valence-corrected chi connectivity index (χ3v) is 2.48. The van der Waals surface area contributed by atoms with Gasteiger partial charge in [0.25, 0.3) is 5.91 Å². The van der Waals surface area contributed by atoms with Crippen molar-refractivity contribution in [3.05, 3.63) is 41.2 Å². The van der Waals surface area contributed by atoms with Gasteiger partial charge < -0.3 is 0 Å². The number of rotatable bonds is 2. The molecule has 0 unspecified atom stereocenters. The molecule has 78 valence electrons. The lowest BCUT2D eigenvalue weighted by atomic mass is 10.2. The average molecular weight is 230 g/mol. The number of nitrogens with zero attached hydrogens (tertiary/aromatic N) is 3. The first kappa shape index (κ1) is 10.3. The predicted molar refractivity (Wildman–Crippen MR) is 59.0 cm³/mol. The standard InChI is InChI=1S/C10H6N4OS/c11-5-8-2-1-7(6-13-8)9(15)14-10-12-3-4-16-10/h1-4,6H,(H,12,14,15). The van der Waals surface area contributed by atoms with Crippen LogP contribution in [-0.4, -0.2) is 15.9 Å². The van der Waals surface area contributed by atoms with Gasteiger partial charge in [-0.15, -0.1) is 11.3 Å². The lowest BCUT2D eigenvalue weighted by Gasteiger charge is -2.00. The maximum absolute atomic E-state index is 11.6. The van der Waals surface area contributed by atoms with Crippen LogP contribution in [0, 0.1) is 11.3 Å². The van der Waals surface area contributed by atoms with Gasteiger partial charge in [0.15, 0.2) is 5.13 Å². The molecule has 0 bridgehead atoms. The lowest BCUT2D eigenvalue weighted by Crippen LogP contribution is -2.11. The van der Waals surface area contributed by atoms with E-state index in [0.717, 1.165) is 0 Å². The first-order valence-electron chi connectivity index (χ1n) is 4.36. The Hall–Kier alpha value is -2.26. The van der Waals surface area contributed by atoms with Gasteiger partial charge in [-0.2, -0.15) is 5.26 Å². The highest BCUT2D eigenvalue weighted by Gasteiger charge is 2.07. The fraction of sp³-hybridized carbons (Fsp3) is 0. The molecule has 1 amide bonds. The summed E-state index contributed by atoms with van der Waals surface area (Å²) in [5.41, 5.74) is 0.681. The summed E-state index contributed by atoms with van der Waals surface area (Å²) < 4.78 is 0. The number of hydrogen-bond acceptors (Lipinski definition) is 5. The highest BCUT2D eigenvalue weighted by atomic mass is 32.1. The molecule has 1 N–H and O–H groups in total. The Kier molecular flexibility index (Phi) is 2.89. The molecule has 0 aliphatic carbocycles. The lowest BCUT2D eigenvalue weighted by molar-refractivity contribution is 0.102. The Morgan fingerprint density at radius 3 is 2.88 bits per heavy atom. The summed E-state index contributed by atoms with van der Waals surface area (Å²) in [5.74, 6) is -0.285. The largest absolute Gasteiger partial charge is 0.298 e. The van der Waals surface area contributed by atoms with Crippen molar-refractivity contribution in [1.82, 2.24) is 9.97 Å². The van der Waals surface area contributed by atoms with E-state index in [1.54, 1.807) is 17.6 Å². The van der Waals surface area contributed by atoms with Gasteiger partial charge in [0, 0.05) is 17.8 Å². The van der Waals surface area contributed by atoms with Crippen LogP contribution >= 0.6 is 11.3 Å². The van der Waals surface area contributed by atoms with Gasteiger partial charge >= 0.3 is 0 Å². The molecule has 0 aliphatic heterocycles. The Labute approximate surface area is 95.4 Å². The smallest absolute Gasteiger partial charge is 0.259 e. The van der Waals surface area contributed by atoms with E-state index in [2.05, 4.69) is 15.3 Å². The molecular weight excluding hydrogens is 224 g/mol. The van der Waals surface area contributed by atoms with E-state index in [4.69, 9.17) is 5.26 Å². The number of carbonyl (C=O) groups excluding carboxylic acids is 1. The zero-order valence-electron chi connectivity index (χ0n) is 8.04. The molecule has 16 heavy (non-hydrogen) atoms. The van der Waals surface area contributed by atoms with Gasteiger partial charge in [-0.25, -0.2) is 9.97 Å². The van der Waals surface area contributed by atoms with Crippen molar-refractivity contribution in [2.24, 2.45) is 0 Å². The van der Waals surface area contributed by atoms with E-state index in [1.807, 2.05) is 6.07 Å². The van der Waals surface area contributed by atoms with E-state index in [9.17, 15) is 4.79 Å². The van der Waals surface area contributed by atoms with Gasteiger partial charge in [-0.05, 0) is 12.1 Å². The van der Waals surface area contributed by atoms with Gasteiger partial charge in [-0.1, -0.05) is 0 Å². The zero-order chi connectivity index (χ0) is 11.4. The van der Waals surface area contributed by atoms with Crippen LogP contribution in [0.5, 0.6) is 0 Å². The van der Waals surface area contributed by atoms with Gasteiger partial charge in [0.2, 0.25) is 0 Å². The van der Waals surface area contributed by atoms with Crippen molar-refractivity contribution in [3.63, 3.8) is 0 Å². The fourth-order valence-corrected chi connectivity index (χ4v) is 1.57. The van der Waals surface area contributed by atoms with Gasteiger partial charge in [-0.3, -0.25) is 10.1 Å². The molecule has 0 spiro atoms. The first-order valence-corrected chi connectivity index (χ1v) is 5.24. The predicted octanol–water partition coefficient (Wildman–Crippen LogP) is 1.66. The van der Waals surface area contributed by atoms with Crippen molar-refractivity contribution < 1.29 is 4.79 Å². The normalized spacial score (nSPS) is 9.44. The van der Waals surface area contributed by atoms with Crippen LogP contribution in [0.2, 0.25) is 0 Å². The molecule has 2 aromatic heterocycles. The van der Waals surface area contributed by atoms with E-state index >= 15 is 0 Å².